The van der Waals surface area contributed by atoms with Crippen LogP contribution in [0.3, 0.4) is 0 Å². The fourth-order valence-corrected chi connectivity index (χ4v) is 1.62. The minimum Gasteiger partial charge on any atom is -0.388 e. The minimum atomic E-state index is -0.351. The Kier molecular flexibility index (Phi) is 5.13. The molecule has 0 aliphatic carbocycles. The lowest BCUT2D eigenvalue weighted by atomic mass is 9.97. The molecule has 0 aromatic heterocycles. The highest BCUT2D eigenvalue weighted by Gasteiger charge is 2.08. The normalized spacial score (nSPS) is 14.9. The molecule has 2 heteroatoms. The van der Waals surface area contributed by atoms with Crippen LogP contribution in [0.1, 0.15) is 44.8 Å². The van der Waals surface area contributed by atoms with E-state index in [-0.39, 0.29) is 6.10 Å². The lowest BCUT2D eigenvalue weighted by molar-refractivity contribution is 0.157. The third-order valence-corrected chi connectivity index (χ3v) is 3.14. The van der Waals surface area contributed by atoms with Gasteiger partial charge in [-0.15, -0.1) is 0 Å². The Morgan fingerprint density at radius 1 is 1.20 bits per heavy atom. The summed E-state index contributed by atoms with van der Waals surface area (Å²) in [7, 11) is 0. The largest absolute Gasteiger partial charge is 0.388 e. The molecule has 0 spiro atoms. The van der Waals surface area contributed by atoms with Gasteiger partial charge in [0.15, 0.2) is 0 Å². The van der Waals surface area contributed by atoms with Gasteiger partial charge in [-0.25, -0.2) is 0 Å². The summed E-state index contributed by atoms with van der Waals surface area (Å²) in [6, 6.07) is 7.43. The molecular weight excluding hydrogens is 208 g/mol. The van der Waals surface area contributed by atoms with Gasteiger partial charge in [-0.05, 0) is 36.5 Å². The maximum absolute atomic E-state index is 9.91. The molecule has 0 fully saturated rings. The maximum atomic E-state index is 9.91. The Hall–Kier alpha value is -0.530. The summed E-state index contributed by atoms with van der Waals surface area (Å²) in [5.74, 6) is 0.687. The number of benzene rings is 1. The average molecular weight is 227 g/mol. The van der Waals surface area contributed by atoms with Gasteiger partial charge in [0.2, 0.25) is 0 Å². The predicted molar refractivity (Wildman–Crippen MR) is 65.1 cm³/mol. The number of rotatable bonds is 5. The number of hydrogen-bond donors (Lipinski definition) is 1. The van der Waals surface area contributed by atoms with E-state index in [2.05, 4.69) is 13.8 Å². The van der Waals surface area contributed by atoms with Crippen molar-refractivity contribution in [2.75, 3.05) is 0 Å². The van der Waals surface area contributed by atoms with Crippen LogP contribution in [0.5, 0.6) is 0 Å². The van der Waals surface area contributed by atoms with E-state index in [1.807, 2.05) is 24.3 Å². The molecule has 0 aliphatic rings. The quantitative estimate of drug-likeness (QED) is 0.798. The summed E-state index contributed by atoms with van der Waals surface area (Å²) < 4.78 is 0. The van der Waals surface area contributed by atoms with Crippen LogP contribution < -0.4 is 0 Å². The molecular formula is C13H19ClO. The van der Waals surface area contributed by atoms with E-state index in [0.717, 1.165) is 18.4 Å². The van der Waals surface area contributed by atoms with Gasteiger partial charge in [0.1, 0.15) is 0 Å². The molecule has 15 heavy (non-hydrogen) atoms. The molecule has 0 heterocycles. The van der Waals surface area contributed by atoms with Crippen LogP contribution in [0.4, 0.5) is 0 Å². The fourth-order valence-electron chi connectivity index (χ4n) is 1.50. The summed E-state index contributed by atoms with van der Waals surface area (Å²) in [5, 5.41) is 10.6. The van der Waals surface area contributed by atoms with Crippen molar-refractivity contribution in [2.24, 2.45) is 5.92 Å². The van der Waals surface area contributed by atoms with Crippen molar-refractivity contribution in [2.45, 2.75) is 39.2 Å². The van der Waals surface area contributed by atoms with E-state index in [4.69, 9.17) is 11.6 Å². The van der Waals surface area contributed by atoms with Gasteiger partial charge < -0.3 is 5.11 Å². The zero-order valence-corrected chi connectivity index (χ0v) is 10.2. The molecule has 0 saturated carbocycles. The third kappa shape index (κ3) is 4.23. The van der Waals surface area contributed by atoms with E-state index in [0.29, 0.717) is 10.9 Å². The van der Waals surface area contributed by atoms with E-state index < -0.39 is 0 Å². The molecule has 84 valence electrons. The second-order valence-corrected chi connectivity index (χ2v) is 4.59. The van der Waals surface area contributed by atoms with Gasteiger partial charge in [0.05, 0.1) is 6.10 Å². The van der Waals surface area contributed by atoms with Crippen LogP contribution in [0, 0.1) is 5.92 Å². The smallest absolute Gasteiger partial charge is 0.0790 e. The van der Waals surface area contributed by atoms with Crippen molar-refractivity contribution < 1.29 is 5.11 Å². The Labute approximate surface area is 97.1 Å². The molecule has 0 amide bonds. The predicted octanol–water partition coefficient (Wildman–Crippen LogP) is 4.20. The van der Waals surface area contributed by atoms with Crippen LogP contribution in [-0.2, 0) is 0 Å². The van der Waals surface area contributed by atoms with E-state index >= 15 is 0 Å². The van der Waals surface area contributed by atoms with E-state index in [9.17, 15) is 5.11 Å². The molecule has 1 aromatic carbocycles. The van der Waals surface area contributed by atoms with Crippen LogP contribution in [0.15, 0.2) is 24.3 Å². The van der Waals surface area contributed by atoms with Crippen molar-refractivity contribution >= 4 is 11.6 Å². The second-order valence-electron chi connectivity index (χ2n) is 4.16. The summed E-state index contributed by atoms with van der Waals surface area (Å²) in [6.07, 6.45) is 2.72. The molecule has 0 bridgehead atoms. The van der Waals surface area contributed by atoms with Crippen LogP contribution in [-0.4, -0.2) is 5.11 Å². The fraction of sp³-hybridized carbons (Fsp3) is 0.538. The summed E-state index contributed by atoms with van der Waals surface area (Å²) >= 11 is 5.78. The second kappa shape index (κ2) is 6.14. The molecule has 1 aromatic rings. The van der Waals surface area contributed by atoms with Crippen LogP contribution in [0.25, 0.3) is 0 Å². The SMILES string of the molecule is CCC(C)CCC(O)c1ccc(Cl)cc1. The highest BCUT2D eigenvalue weighted by molar-refractivity contribution is 6.30. The van der Waals surface area contributed by atoms with Gasteiger partial charge in [-0.3, -0.25) is 0 Å². The molecule has 0 radical (unpaired) electrons. The van der Waals surface area contributed by atoms with Crippen molar-refractivity contribution in [3.05, 3.63) is 34.9 Å². The number of aliphatic hydroxyl groups is 1. The zero-order chi connectivity index (χ0) is 11.3. The molecule has 0 aliphatic heterocycles. The lowest BCUT2D eigenvalue weighted by Gasteiger charge is -2.13. The van der Waals surface area contributed by atoms with Crippen LogP contribution in [0.2, 0.25) is 5.02 Å². The monoisotopic (exact) mass is 226 g/mol. The molecule has 2 atom stereocenters. The van der Waals surface area contributed by atoms with Gasteiger partial charge in [-0.1, -0.05) is 44.0 Å². The summed E-state index contributed by atoms with van der Waals surface area (Å²) in [4.78, 5) is 0. The first-order valence-electron chi connectivity index (χ1n) is 5.57. The first kappa shape index (κ1) is 12.5. The summed E-state index contributed by atoms with van der Waals surface area (Å²) in [5.41, 5.74) is 0.961. The molecule has 1 rings (SSSR count). The summed E-state index contributed by atoms with van der Waals surface area (Å²) in [6.45, 7) is 4.40. The van der Waals surface area contributed by atoms with Crippen LogP contribution >= 0.6 is 11.6 Å². The van der Waals surface area contributed by atoms with E-state index in [1.165, 1.54) is 6.42 Å². The van der Waals surface area contributed by atoms with Crippen molar-refractivity contribution in [3.63, 3.8) is 0 Å². The average Bonchev–Trinajstić information content (AvgIpc) is 2.26. The molecule has 0 saturated heterocycles. The molecule has 1 nitrogen and oxygen atoms in total. The topological polar surface area (TPSA) is 20.2 Å². The van der Waals surface area contributed by atoms with Crippen molar-refractivity contribution in [3.8, 4) is 0 Å². The highest BCUT2D eigenvalue weighted by atomic mass is 35.5. The van der Waals surface area contributed by atoms with Gasteiger partial charge in [0.25, 0.3) is 0 Å². The standard InChI is InChI=1S/C13H19ClO/c1-3-10(2)4-9-13(15)11-5-7-12(14)8-6-11/h5-8,10,13,15H,3-4,9H2,1-2H3. The maximum Gasteiger partial charge on any atom is 0.0790 e. The number of halogens is 1. The first-order chi connectivity index (χ1) is 7.13. The Morgan fingerprint density at radius 3 is 2.33 bits per heavy atom. The van der Waals surface area contributed by atoms with Gasteiger partial charge in [0, 0.05) is 5.02 Å². The minimum absolute atomic E-state index is 0.351. The Bertz CT molecular complexity index is 281. The molecule has 2 unspecified atom stereocenters. The third-order valence-electron chi connectivity index (χ3n) is 2.88. The lowest BCUT2D eigenvalue weighted by Crippen LogP contribution is -2.01. The molecule has 1 N–H and O–H groups in total. The Balaban J connectivity index is 2.46. The first-order valence-corrected chi connectivity index (χ1v) is 5.94. The number of hydrogen-bond acceptors (Lipinski definition) is 1. The van der Waals surface area contributed by atoms with Gasteiger partial charge in [-0.2, -0.15) is 0 Å². The zero-order valence-electron chi connectivity index (χ0n) is 9.41. The van der Waals surface area contributed by atoms with E-state index in [1.54, 1.807) is 0 Å². The number of aliphatic hydroxyl groups excluding tert-OH is 1. The van der Waals surface area contributed by atoms with Crippen molar-refractivity contribution in [1.29, 1.82) is 0 Å². The Morgan fingerprint density at radius 2 is 1.80 bits per heavy atom. The van der Waals surface area contributed by atoms with Crippen molar-refractivity contribution in [1.82, 2.24) is 0 Å². The van der Waals surface area contributed by atoms with Gasteiger partial charge >= 0.3 is 0 Å². The highest BCUT2D eigenvalue weighted by Crippen LogP contribution is 2.23.